The number of fused-ring (bicyclic) bond motifs is 1. The first-order valence-corrected chi connectivity index (χ1v) is 4.52. The molecule has 1 saturated carbocycles. The van der Waals surface area contributed by atoms with Crippen molar-refractivity contribution in [1.29, 1.82) is 0 Å². The molecule has 0 heterocycles. The van der Waals surface area contributed by atoms with E-state index in [2.05, 4.69) is 6.92 Å². The highest BCUT2D eigenvalue weighted by atomic mass is 16.4. The number of hydrogen-bond donors (Lipinski definition) is 2. The lowest BCUT2D eigenvalue weighted by atomic mass is 9.63. The fourth-order valence-corrected chi connectivity index (χ4v) is 2.27. The smallest absolute Gasteiger partial charge is 0.333 e. The molecule has 3 aliphatic carbocycles. The summed E-state index contributed by atoms with van der Waals surface area (Å²) >= 11 is 0. The van der Waals surface area contributed by atoms with E-state index in [0.717, 1.165) is 6.42 Å². The Hall–Kier alpha value is -1.25. The van der Waals surface area contributed by atoms with E-state index in [0.29, 0.717) is 23.1 Å². The third-order valence-corrected chi connectivity index (χ3v) is 3.27. The van der Waals surface area contributed by atoms with Crippen LogP contribution in [-0.2, 0) is 4.79 Å². The van der Waals surface area contributed by atoms with E-state index in [9.17, 15) is 4.79 Å². The van der Waals surface area contributed by atoms with Gasteiger partial charge in [0.15, 0.2) is 0 Å². The molecule has 13 heavy (non-hydrogen) atoms. The van der Waals surface area contributed by atoms with E-state index < -0.39 is 5.97 Å². The second-order valence-corrected chi connectivity index (χ2v) is 3.90. The second kappa shape index (κ2) is 2.62. The molecule has 3 heteroatoms. The Morgan fingerprint density at radius 2 is 2.38 bits per heavy atom. The number of aliphatic carboxylic acids is 1. The first-order chi connectivity index (χ1) is 6.11. The molecule has 3 unspecified atom stereocenters. The molecule has 0 aromatic heterocycles. The first kappa shape index (κ1) is 8.35. The van der Waals surface area contributed by atoms with Gasteiger partial charge >= 0.3 is 5.97 Å². The van der Waals surface area contributed by atoms with Gasteiger partial charge in [-0.2, -0.15) is 0 Å². The average molecular weight is 179 g/mol. The Balaban J connectivity index is 2.41. The van der Waals surface area contributed by atoms with Crippen LogP contribution in [0.2, 0.25) is 0 Å². The molecule has 0 saturated heterocycles. The minimum atomic E-state index is -0.862. The van der Waals surface area contributed by atoms with E-state index in [1.165, 1.54) is 0 Å². The standard InChI is InChI=1S/C10H13NO2/c1-5-6-2-3-8(11)9(10(12)13)7(5)4-6/h2-3,5-7H,4,11H2,1H3,(H,12,13). The molecule has 3 nitrogen and oxygen atoms in total. The maximum Gasteiger partial charge on any atom is 0.333 e. The Morgan fingerprint density at radius 3 is 2.92 bits per heavy atom. The van der Waals surface area contributed by atoms with Crippen molar-refractivity contribution in [2.24, 2.45) is 23.5 Å². The Kier molecular flexibility index (Phi) is 1.68. The summed E-state index contributed by atoms with van der Waals surface area (Å²) < 4.78 is 0. The third kappa shape index (κ3) is 1.07. The van der Waals surface area contributed by atoms with Crippen molar-refractivity contribution in [3.8, 4) is 0 Å². The number of carboxylic acids is 1. The molecule has 0 aliphatic heterocycles. The topological polar surface area (TPSA) is 63.3 Å². The lowest BCUT2D eigenvalue weighted by molar-refractivity contribution is -0.134. The summed E-state index contributed by atoms with van der Waals surface area (Å²) in [5.74, 6) is 0.264. The van der Waals surface area contributed by atoms with Crippen molar-refractivity contribution in [2.75, 3.05) is 0 Å². The highest BCUT2D eigenvalue weighted by Gasteiger charge is 2.42. The SMILES string of the molecule is CC1C2C=CC(N)=C(C(=O)O)C1C2. The van der Waals surface area contributed by atoms with Gasteiger partial charge in [0.25, 0.3) is 0 Å². The maximum atomic E-state index is 10.9. The highest BCUT2D eigenvalue weighted by molar-refractivity contribution is 5.89. The van der Waals surface area contributed by atoms with E-state index in [1.54, 1.807) is 6.08 Å². The summed E-state index contributed by atoms with van der Waals surface area (Å²) in [6.07, 6.45) is 4.73. The van der Waals surface area contributed by atoms with Gasteiger partial charge in [0.1, 0.15) is 0 Å². The quantitative estimate of drug-likeness (QED) is 0.634. The Morgan fingerprint density at radius 1 is 1.69 bits per heavy atom. The normalized spacial score (nSPS) is 36.8. The second-order valence-electron chi connectivity index (χ2n) is 3.90. The molecule has 0 spiro atoms. The lowest BCUT2D eigenvalue weighted by Gasteiger charge is -2.40. The van der Waals surface area contributed by atoms with Crippen molar-refractivity contribution < 1.29 is 9.90 Å². The minimum absolute atomic E-state index is 0.164. The number of carboxylic acid groups (broad SMARTS) is 1. The van der Waals surface area contributed by atoms with Crippen LogP contribution in [0.15, 0.2) is 23.4 Å². The van der Waals surface area contributed by atoms with E-state index in [-0.39, 0.29) is 5.92 Å². The Bertz CT molecular complexity index is 317. The summed E-state index contributed by atoms with van der Waals surface area (Å²) in [7, 11) is 0. The summed E-state index contributed by atoms with van der Waals surface area (Å²) in [6.45, 7) is 2.09. The lowest BCUT2D eigenvalue weighted by Crippen LogP contribution is -2.36. The van der Waals surface area contributed by atoms with Gasteiger partial charge < -0.3 is 10.8 Å². The van der Waals surface area contributed by atoms with Crippen LogP contribution in [0.5, 0.6) is 0 Å². The van der Waals surface area contributed by atoms with Crippen LogP contribution >= 0.6 is 0 Å². The Labute approximate surface area is 76.9 Å². The van der Waals surface area contributed by atoms with Crippen LogP contribution in [0.3, 0.4) is 0 Å². The zero-order valence-corrected chi connectivity index (χ0v) is 7.53. The van der Waals surface area contributed by atoms with Crippen LogP contribution in [0, 0.1) is 17.8 Å². The minimum Gasteiger partial charge on any atom is -0.478 e. The molecule has 3 N–H and O–H groups in total. The van der Waals surface area contributed by atoms with Gasteiger partial charge in [-0.05, 0) is 30.3 Å². The molecule has 1 fully saturated rings. The number of allylic oxidation sites excluding steroid dienone is 2. The van der Waals surface area contributed by atoms with Crippen molar-refractivity contribution in [2.45, 2.75) is 13.3 Å². The molecule has 0 aromatic carbocycles. The van der Waals surface area contributed by atoms with Crippen molar-refractivity contribution >= 4 is 5.97 Å². The maximum absolute atomic E-state index is 10.9. The van der Waals surface area contributed by atoms with Gasteiger partial charge in [0.2, 0.25) is 0 Å². The summed E-state index contributed by atoms with van der Waals surface area (Å²) in [6, 6.07) is 0. The fourth-order valence-electron chi connectivity index (χ4n) is 2.27. The fraction of sp³-hybridized carbons (Fsp3) is 0.500. The van der Waals surface area contributed by atoms with Crippen LogP contribution in [0.4, 0.5) is 0 Å². The molecular weight excluding hydrogens is 166 g/mol. The zero-order valence-electron chi connectivity index (χ0n) is 7.53. The largest absolute Gasteiger partial charge is 0.478 e. The average Bonchev–Trinajstić information content (AvgIpc) is 2.30. The number of carbonyl (C=O) groups is 1. The van der Waals surface area contributed by atoms with Crippen LogP contribution < -0.4 is 5.73 Å². The van der Waals surface area contributed by atoms with Crippen LogP contribution in [0.1, 0.15) is 13.3 Å². The van der Waals surface area contributed by atoms with Gasteiger partial charge in [-0.1, -0.05) is 13.0 Å². The predicted octanol–water partition coefficient (Wildman–Crippen LogP) is 1.13. The van der Waals surface area contributed by atoms with Gasteiger partial charge in [-0.15, -0.1) is 0 Å². The molecule has 70 valence electrons. The van der Waals surface area contributed by atoms with Gasteiger partial charge in [-0.3, -0.25) is 0 Å². The number of rotatable bonds is 1. The molecule has 0 aromatic rings. The van der Waals surface area contributed by atoms with E-state index in [1.807, 2.05) is 6.08 Å². The molecule has 3 rings (SSSR count). The van der Waals surface area contributed by atoms with Crippen LogP contribution in [0.25, 0.3) is 0 Å². The molecular formula is C10H13NO2. The highest BCUT2D eigenvalue weighted by Crippen LogP contribution is 2.47. The first-order valence-electron chi connectivity index (χ1n) is 4.52. The van der Waals surface area contributed by atoms with Crippen LogP contribution in [-0.4, -0.2) is 11.1 Å². The van der Waals surface area contributed by atoms with E-state index >= 15 is 0 Å². The van der Waals surface area contributed by atoms with Gasteiger partial charge in [-0.25, -0.2) is 4.79 Å². The molecule has 3 aliphatic rings. The number of hydrogen-bond acceptors (Lipinski definition) is 2. The summed E-state index contributed by atoms with van der Waals surface area (Å²) in [5.41, 5.74) is 6.52. The molecule has 2 bridgehead atoms. The van der Waals surface area contributed by atoms with Crippen molar-refractivity contribution in [1.82, 2.24) is 0 Å². The van der Waals surface area contributed by atoms with E-state index in [4.69, 9.17) is 10.8 Å². The summed E-state index contributed by atoms with van der Waals surface area (Å²) in [4.78, 5) is 10.9. The molecule has 0 amide bonds. The predicted molar refractivity (Wildman–Crippen MR) is 48.8 cm³/mol. The molecule has 3 atom stereocenters. The third-order valence-electron chi connectivity index (χ3n) is 3.27. The molecule has 0 radical (unpaired) electrons. The van der Waals surface area contributed by atoms with Gasteiger partial charge in [0.05, 0.1) is 5.57 Å². The van der Waals surface area contributed by atoms with Crippen molar-refractivity contribution in [3.05, 3.63) is 23.4 Å². The number of nitrogens with two attached hydrogens (primary N) is 1. The summed E-state index contributed by atoms with van der Waals surface area (Å²) in [5, 5.41) is 8.97. The zero-order chi connectivity index (χ0) is 9.59. The van der Waals surface area contributed by atoms with Gasteiger partial charge in [0, 0.05) is 5.70 Å². The monoisotopic (exact) mass is 179 g/mol. The van der Waals surface area contributed by atoms with Crippen molar-refractivity contribution in [3.63, 3.8) is 0 Å².